The van der Waals surface area contributed by atoms with E-state index in [-0.39, 0.29) is 14.9 Å². The van der Waals surface area contributed by atoms with Crippen LogP contribution in [0.25, 0.3) is 32.0 Å². The smallest absolute Gasteiger partial charge is 0.119 e. The van der Waals surface area contributed by atoms with E-state index >= 15 is 0 Å². The predicted octanol–water partition coefficient (Wildman–Crippen LogP) is 24.0. The molecule has 12 nitrogen and oxygen atoms in total. The van der Waals surface area contributed by atoms with Crippen LogP contribution in [0.5, 0.6) is 23.0 Å². The van der Waals surface area contributed by atoms with Gasteiger partial charge in [0.05, 0.1) is 26.4 Å². The van der Waals surface area contributed by atoms with E-state index in [0.29, 0.717) is 13.1 Å². The molecule has 10 aliphatic rings. The maximum Gasteiger partial charge on any atom is 0.119 e. The molecule has 8 saturated carbocycles. The number of hydrogen-bond acceptors (Lipinski definition) is 8. The van der Waals surface area contributed by atoms with Gasteiger partial charge >= 0.3 is 0 Å². The summed E-state index contributed by atoms with van der Waals surface area (Å²) in [6, 6.07) is 35.8. The van der Waals surface area contributed by atoms with Crippen LogP contribution in [0.15, 0.2) is 118 Å². The van der Waals surface area contributed by atoms with Crippen LogP contribution in [0.2, 0.25) is 0 Å². The molecule has 10 fully saturated rings. The van der Waals surface area contributed by atoms with Gasteiger partial charge in [0, 0.05) is 22.9 Å². The molecule has 2 aliphatic heterocycles. The molecular weight excluding hydrogens is 1200 g/mol. The fraction of sp³-hybridized carbons (Fsp3) is 0.671. The van der Waals surface area contributed by atoms with Crippen molar-refractivity contribution in [2.75, 3.05) is 72.2 Å². The van der Waals surface area contributed by atoms with Crippen LogP contribution >= 0.6 is 0 Å². The van der Waals surface area contributed by atoms with E-state index in [4.69, 9.17) is 30.0 Å². The summed E-state index contributed by atoms with van der Waals surface area (Å²) in [6.07, 6.45) is 44.9. The van der Waals surface area contributed by atoms with Gasteiger partial charge in [0.25, 0.3) is 0 Å². The van der Waals surface area contributed by atoms with Crippen molar-refractivity contribution < 1.29 is 18.9 Å². The second-order valence-electron chi connectivity index (χ2n) is 29.7. The van der Waals surface area contributed by atoms with Gasteiger partial charge in [-0.3, -0.25) is 0 Å². The molecule has 12 heteroatoms. The fourth-order valence-corrected chi connectivity index (χ4v) is 18.0. The number of nitrogens with one attached hydrogen (secondary N) is 1. The molecule has 4 aromatic carbocycles. The molecule has 532 valence electrons. The Balaban J connectivity index is 0.000000222. The first-order chi connectivity index (χ1) is 47.0. The summed E-state index contributed by atoms with van der Waals surface area (Å²) in [4.78, 5) is 8.32. The molecule has 0 amide bonds. The Morgan fingerprint density at radius 1 is 0.381 bits per heavy atom. The van der Waals surface area contributed by atoms with E-state index in [2.05, 4.69) is 134 Å². The number of benzene rings is 4. The van der Waals surface area contributed by atoms with Gasteiger partial charge < -0.3 is 29.2 Å². The molecule has 1 N–H and O–H groups in total. The third kappa shape index (κ3) is 24.7. The summed E-state index contributed by atoms with van der Waals surface area (Å²) in [7, 11) is 0. The van der Waals surface area contributed by atoms with Gasteiger partial charge in [0.2, 0.25) is 0 Å². The Labute approximate surface area is 587 Å². The van der Waals surface area contributed by atoms with Gasteiger partial charge in [0.15, 0.2) is 0 Å². The van der Waals surface area contributed by atoms with Crippen molar-refractivity contribution in [1.29, 1.82) is 0 Å². The second kappa shape index (κ2) is 43.6. The van der Waals surface area contributed by atoms with E-state index in [1.165, 1.54) is 227 Å². The average molecular weight is 1330 g/mol. The molecular formula is C85H128N8O4. The third-order valence-corrected chi connectivity index (χ3v) is 22.5. The Morgan fingerprint density at radius 3 is 1.00 bits per heavy atom. The van der Waals surface area contributed by atoms with Crippen molar-refractivity contribution >= 4 is 11.1 Å². The summed E-state index contributed by atoms with van der Waals surface area (Å²) in [5.41, 5.74) is 28.5. The van der Waals surface area contributed by atoms with Crippen LogP contribution in [0.3, 0.4) is 0 Å². The van der Waals surface area contributed by atoms with Gasteiger partial charge in [-0.05, 0) is 308 Å². The van der Waals surface area contributed by atoms with E-state index in [9.17, 15) is 0 Å². The number of likely N-dealkylation sites (tertiary alicyclic amines) is 1. The predicted molar refractivity (Wildman–Crippen MR) is 406 cm³/mol. The Morgan fingerprint density at radius 2 is 0.680 bits per heavy atom. The lowest BCUT2D eigenvalue weighted by Gasteiger charge is -2.52. The topological polar surface area (TPSA) is 150 Å². The molecule has 2 heterocycles. The van der Waals surface area contributed by atoms with E-state index < -0.39 is 0 Å². The Hall–Kier alpha value is -5.90. The number of rotatable bonds is 35. The highest BCUT2D eigenvalue weighted by Gasteiger charge is 2.48. The molecule has 14 rings (SSSR count). The van der Waals surface area contributed by atoms with Crippen molar-refractivity contribution in [1.82, 2.24) is 10.2 Å². The zero-order valence-electron chi connectivity index (χ0n) is 58.6. The molecule has 0 radical (unpaired) electrons. The highest BCUT2D eigenvalue weighted by Crippen LogP contribution is 2.60. The van der Waals surface area contributed by atoms with Crippen LogP contribution in [-0.4, -0.2) is 77.1 Å². The summed E-state index contributed by atoms with van der Waals surface area (Å²) in [6.45, 7) is 12.9. The van der Waals surface area contributed by atoms with Gasteiger partial charge in [-0.1, -0.05) is 182 Å². The molecule has 0 spiro atoms. The maximum absolute atomic E-state index is 8.41. The van der Waals surface area contributed by atoms with Gasteiger partial charge in [-0.2, -0.15) is 0 Å². The van der Waals surface area contributed by atoms with Crippen LogP contribution in [0.1, 0.15) is 269 Å². The summed E-state index contributed by atoms with van der Waals surface area (Å²) < 4.78 is 24.5. The van der Waals surface area contributed by atoms with Crippen molar-refractivity contribution in [3.05, 3.63) is 151 Å². The number of nitrogens with zero attached hydrogens (tertiary/aromatic N) is 7. The third-order valence-electron chi connectivity index (χ3n) is 22.5. The monoisotopic (exact) mass is 1330 g/mol. The molecule has 4 aromatic rings. The maximum atomic E-state index is 8.41. The number of unbranched alkanes of at least 4 members (excludes halogenated alkanes) is 13. The van der Waals surface area contributed by atoms with Gasteiger partial charge in [-0.25, -0.2) is 0 Å². The van der Waals surface area contributed by atoms with Crippen LogP contribution < -0.4 is 24.3 Å². The van der Waals surface area contributed by atoms with Crippen molar-refractivity contribution in [2.24, 2.45) is 57.6 Å². The second-order valence-corrected chi connectivity index (χ2v) is 29.7. The molecule has 8 bridgehead atoms. The van der Waals surface area contributed by atoms with Gasteiger partial charge in [0.1, 0.15) is 23.0 Å². The summed E-state index contributed by atoms with van der Waals surface area (Å²) >= 11 is 0. The number of ether oxygens (including phenoxy) is 4. The molecule has 0 aromatic heterocycles. The van der Waals surface area contributed by atoms with Crippen LogP contribution in [0.4, 0.5) is 0 Å². The zero-order chi connectivity index (χ0) is 65.3. The lowest BCUT2D eigenvalue weighted by Crippen LogP contribution is -2.40. The number of hydrogen-bond donors (Lipinski definition) is 1. The zero-order valence-corrected chi connectivity index (χ0v) is 58.6. The number of azide groups is 2. The highest BCUT2D eigenvalue weighted by atomic mass is 16.5. The average Bonchev–Trinajstić information content (AvgIpc) is 0.820. The van der Waals surface area contributed by atoms with Crippen LogP contribution in [-0.2, 0) is 0 Å². The molecule has 0 unspecified atom stereocenters. The quantitative estimate of drug-likeness (QED) is 0.0210. The normalized spacial score (nSPS) is 22.7. The lowest BCUT2D eigenvalue weighted by molar-refractivity contribution is 0.0705. The first-order valence-corrected chi connectivity index (χ1v) is 38.9. The first-order valence-electron chi connectivity index (χ1n) is 38.9. The van der Waals surface area contributed by atoms with E-state index in [0.717, 1.165) is 161 Å². The minimum absolute atomic E-state index is 0. The molecule has 97 heavy (non-hydrogen) atoms. The van der Waals surface area contributed by atoms with Crippen molar-refractivity contribution in [3.8, 4) is 23.0 Å². The Bertz CT molecular complexity index is 2910. The minimum atomic E-state index is 0. The number of allylic oxidation sites excluding steroid dienone is 2. The summed E-state index contributed by atoms with van der Waals surface area (Å²) in [5, 5.41) is 10.6. The lowest BCUT2D eigenvalue weighted by atomic mass is 9.53. The van der Waals surface area contributed by atoms with Crippen molar-refractivity contribution in [3.63, 3.8) is 0 Å². The van der Waals surface area contributed by atoms with Crippen molar-refractivity contribution in [2.45, 2.75) is 247 Å². The molecule has 8 aliphatic carbocycles. The Kier molecular flexibility index (Phi) is 34.5. The molecule has 2 saturated heterocycles. The molecule has 0 atom stereocenters. The van der Waals surface area contributed by atoms with Gasteiger partial charge in [-0.15, -0.1) is 0 Å². The van der Waals surface area contributed by atoms with E-state index in [1.807, 2.05) is 0 Å². The van der Waals surface area contributed by atoms with Crippen LogP contribution in [0, 0.1) is 47.3 Å². The first kappa shape index (κ1) is 76.8. The fourth-order valence-electron chi connectivity index (χ4n) is 18.0. The largest absolute Gasteiger partial charge is 0.494 e. The summed E-state index contributed by atoms with van der Waals surface area (Å²) in [5.74, 6) is 10.6. The highest BCUT2D eigenvalue weighted by molar-refractivity contribution is 5.84. The standard InChI is InChI=1S/C41H58N4O2.C36H49N3O2.C6H13N.2CH4/c42-44-43-21-7-1-5-11-25-46-38-17-13-34(14-18-38)40(41-36-28-32-27-33(30-36)31-37(41)29-32)35-15-19-39(20-16-35)47-26-12-6-4-10-24-45-22-8-2-3-9-23-45;1-2-3-4-6-9-20-40-33-15-11-29(12-16-33)35(36-31-23-27-22-28(25-31)26-32(36)24-27)30-13-17-34(18-14-30)41-21-10-7-5-8-19-38-39-37;1-2-4-6-7-5-3-1;;/h13-20,32-33,36-37H,1-12,21-31H2;11-18,27-28,31-32H,2-10,19-26H2,1H3;7H,1-6H2;2*1H4. The minimum Gasteiger partial charge on any atom is -0.494 e. The SMILES string of the molecule is C.C.C1CCCNCC1.CCCCCCCOc1ccc(C(=C2C3CC4CC(C3)CC2C4)c2ccc(OCCCCCCN=[N+]=[N-])cc2)cc1.[N-]=[N+]=NCCCCCCOc1ccc(C(=C2C3CC4CC(C3)CC2C4)c2ccc(OCCCCCCN3CCCCCC3)cc2)cc1. The van der Waals surface area contributed by atoms with E-state index in [1.54, 1.807) is 11.1 Å².